The number of aromatic nitrogens is 3. The SMILES string of the molecule is Cc1c(-c2nnc(O)c3ccccc23)c2cc(Cl)cc(Cl)c2n1CC(=O)OC(C)(C)C. The van der Waals surface area contributed by atoms with Crippen molar-refractivity contribution in [1.82, 2.24) is 14.8 Å². The van der Waals surface area contributed by atoms with Crippen LogP contribution in [0, 0.1) is 6.92 Å². The zero-order chi connectivity index (χ0) is 22.5. The van der Waals surface area contributed by atoms with Gasteiger partial charge in [0.25, 0.3) is 0 Å². The largest absolute Gasteiger partial charge is 0.492 e. The minimum Gasteiger partial charge on any atom is -0.492 e. The van der Waals surface area contributed by atoms with Crippen molar-refractivity contribution >= 4 is 50.8 Å². The highest BCUT2D eigenvalue weighted by Crippen LogP contribution is 2.41. The Morgan fingerprint density at radius 3 is 2.45 bits per heavy atom. The maximum absolute atomic E-state index is 12.6. The van der Waals surface area contributed by atoms with Crippen LogP contribution in [0.15, 0.2) is 36.4 Å². The lowest BCUT2D eigenvalue weighted by molar-refractivity contribution is -0.155. The Morgan fingerprint density at radius 1 is 1.10 bits per heavy atom. The molecule has 0 bridgehead atoms. The lowest BCUT2D eigenvalue weighted by Gasteiger charge is -2.20. The molecule has 0 amide bonds. The molecule has 0 fully saturated rings. The maximum Gasteiger partial charge on any atom is 0.326 e. The van der Waals surface area contributed by atoms with Crippen LogP contribution in [0.1, 0.15) is 26.5 Å². The van der Waals surface area contributed by atoms with Gasteiger partial charge in [-0.2, -0.15) is 0 Å². The number of benzene rings is 2. The molecule has 4 aromatic rings. The second kappa shape index (κ2) is 7.70. The number of aromatic hydroxyl groups is 1. The first-order chi connectivity index (χ1) is 14.6. The molecule has 0 unspecified atom stereocenters. The highest BCUT2D eigenvalue weighted by atomic mass is 35.5. The van der Waals surface area contributed by atoms with Gasteiger partial charge < -0.3 is 14.4 Å². The third-order valence-electron chi connectivity index (χ3n) is 4.95. The molecule has 0 radical (unpaired) electrons. The molecule has 0 aliphatic rings. The predicted octanol–water partition coefficient (Wildman–Crippen LogP) is 5.91. The van der Waals surface area contributed by atoms with Crippen LogP contribution in [0.25, 0.3) is 32.9 Å². The van der Waals surface area contributed by atoms with Gasteiger partial charge in [0.15, 0.2) is 0 Å². The van der Waals surface area contributed by atoms with Gasteiger partial charge in [-0.25, -0.2) is 0 Å². The summed E-state index contributed by atoms with van der Waals surface area (Å²) < 4.78 is 7.33. The van der Waals surface area contributed by atoms with Crippen molar-refractivity contribution in [3.63, 3.8) is 0 Å². The van der Waals surface area contributed by atoms with Crippen molar-refractivity contribution in [1.29, 1.82) is 0 Å². The van der Waals surface area contributed by atoms with Crippen molar-refractivity contribution in [2.75, 3.05) is 0 Å². The monoisotopic (exact) mass is 457 g/mol. The van der Waals surface area contributed by atoms with Crippen molar-refractivity contribution in [3.8, 4) is 17.1 Å². The number of carbonyl (C=O) groups is 1. The summed E-state index contributed by atoms with van der Waals surface area (Å²) in [5.41, 5.74) is 2.12. The fourth-order valence-corrected chi connectivity index (χ4v) is 4.40. The molecule has 160 valence electrons. The summed E-state index contributed by atoms with van der Waals surface area (Å²) in [7, 11) is 0. The summed E-state index contributed by atoms with van der Waals surface area (Å²) in [5, 5.41) is 21.3. The zero-order valence-corrected chi connectivity index (χ0v) is 19.0. The molecule has 0 aliphatic heterocycles. The van der Waals surface area contributed by atoms with Gasteiger partial charge in [0.05, 0.1) is 10.5 Å². The minimum absolute atomic E-state index is 0.0234. The highest BCUT2D eigenvalue weighted by Gasteiger charge is 2.25. The Labute approximate surface area is 189 Å². The van der Waals surface area contributed by atoms with E-state index in [0.29, 0.717) is 26.6 Å². The fraction of sp³-hybridized carbons (Fsp3) is 0.261. The molecule has 2 aromatic heterocycles. The molecule has 4 rings (SSSR count). The van der Waals surface area contributed by atoms with Gasteiger partial charge in [0.2, 0.25) is 5.88 Å². The van der Waals surface area contributed by atoms with Crippen molar-refractivity contribution in [2.24, 2.45) is 0 Å². The molecule has 0 aliphatic carbocycles. The number of hydrogen-bond acceptors (Lipinski definition) is 5. The Morgan fingerprint density at radius 2 is 1.77 bits per heavy atom. The number of rotatable bonds is 3. The summed E-state index contributed by atoms with van der Waals surface area (Å²) in [6.07, 6.45) is 0. The van der Waals surface area contributed by atoms with Crippen LogP contribution in [-0.2, 0) is 16.1 Å². The number of esters is 1. The van der Waals surface area contributed by atoms with Crippen LogP contribution in [0.4, 0.5) is 0 Å². The van der Waals surface area contributed by atoms with Gasteiger partial charge in [-0.1, -0.05) is 41.4 Å². The molecule has 8 heteroatoms. The van der Waals surface area contributed by atoms with Crippen LogP contribution in [0.5, 0.6) is 5.88 Å². The second-order valence-electron chi connectivity index (χ2n) is 8.33. The summed E-state index contributed by atoms with van der Waals surface area (Å²) in [5.74, 6) is -0.530. The number of nitrogens with zero attached hydrogens (tertiary/aromatic N) is 3. The normalized spacial score (nSPS) is 11.9. The van der Waals surface area contributed by atoms with Gasteiger partial charge in [-0.3, -0.25) is 4.79 Å². The quantitative estimate of drug-likeness (QED) is 0.386. The molecule has 0 atom stereocenters. The Bertz CT molecular complexity index is 1340. The van der Waals surface area contributed by atoms with E-state index < -0.39 is 5.60 Å². The summed E-state index contributed by atoms with van der Waals surface area (Å²) in [6.45, 7) is 7.32. The van der Waals surface area contributed by atoms with E-state index in [1.165, 1.54) is 0 Å². The molecular weight excluding hydrogens is 437 g/mol. The van der Waals surface area contributed by atoms with E-state index >= 15 is 0 Å². The number of halogens is 2. The summed E-state index contributed by atoms with van der Waals surface area (Å²) in [6, 6.07) is 10.8. The highest BCUT2D eigenvalue weighted by molar-refractivity contribution is 6.39. The van der Waals surface area contributed by atoms with E-state index in [4.69, 9.17) is 27.9 Å². The van der Waals surface area contributed by atoms with Crippen molar-refractivity contribution in [3.05, 3.63) is 52.1 Å². The first-order valence-corrected chi connectivity index (χ1v) is 10.5. The first-order valence-electron chi connectivity index (χ1n) is 9.71. The zero-order valence-electron chi connectivity index (χ0n) is 17.5. The number of hydrogen-bond donors (Lipinski definition) is 1. The Balaban J connectivity index is 2.01. The minimum atomic E-state index is -0.609. The van der Waals surface area contributed by atoms with Crippen LogP contribution in [-0.4, -0.2) is 31.4 Å². The van der Waals surface area contributed by atoms with Crippen LogP contribution in [0.2, 0.25) is 10.0 Å². The van der Waals surface area contributed by atoms with Gasteiger partial charge in [-0.05, 0) is 45.9 Å². The average Bonchev–Trinajstić information content (AvgIpc) is 2.93. The van der Waals surface area contributed by atoms with Gasteiger partial charge >= 0.3 is 5.97 Å². The van der Waals surface area contributed by atoms with Crippen molar-refractivity contribution < 1.29 is 14.6 Å². The van der Waals surface area contributed by atoms with Crippen molar-refractivity contribution in [2.45, 2.75) is 39.8 Å². The van der Waals surface area contributed by atoms with Crippen LogP contribution < -0.4 is 0 Å². The fourth-order valence-electron chi connectivity index (χ4n) is 3.80. The maximum atomic E-state index is 12.6. The van der Waals surface area contributed by atoms with E-state index in [-0.39, 0.29) is 18.4 Å². The molecule has 1 N–H and O–H groups in total. The molecule has 2 heterocycles. The number of ether oxygens (including phenoxy) is 1. The van der Waals surface area contributed by atoms with Gasteiger partial charge in [0.1, 0.15) is 17.8 Å². The lowest BCUT2D eigenvalue weighted by Crippen LogP contribution is -2.26. The third-order valence-corrected chi connectivity index (χ3v) is 5.45. The Kier molecular flexibility index (Phi) is 5.31. The number of fused-ring (bicyclic) bond motifs is 2. The van der Waals surface area contributed by atoms with E-state index in [9.17, 15) is 9.90 Å². The molecule has 31 heavy (non-hydrogen) atoms. The summed E-state index contributed by atoms with van der Waals surface area (Å²) >= 11 is 12.9. The molecule has 0 spiro atoms. The Hall–Kier alpha value is -2.83. The third kappa shape index (κ3) is 3.93. The molecule has 0 saturated heterocycles. The van der Waals surface area contributed by atoms with Gasteiger partial charge in [-0.15, -0.1) is 10.2 Å². The molecule has 0 saturated carbocycles. The molecule has 6 nitrogen and oxygen atoms in total. The predicted molar refractivity (Wildman–Crippen MR) is 123 cm³/mol. The number of carbonyl (C=O) groups excluding carboxylic acids is 1. The summed E-state index contributed by atoms with van der Waals surface area (Å²) in [4.78, 5) is 12.6. The van der Waals surface area contributed by atoms with Crippen LogP contribution in [0.3, 0.4) is 0 Å². The average molecular weight is 458 g/mol. The van der Waals surface area contributed by atoms with E-state index in [1.807, 2.05) is 45.9 Å². The smallest absolute Gasteiger partial charge is 0.326 e. The molecule has 2 aromatic carbocycles. The standard InChI is InChI=1S/C23H21Cl2N3O3/c1-12-19(20-14-7-5-6-8-15(14)22(30)27-26-20)16-9-13(24)10-17(25)21(16)28(12)11-18(29)31-23(2,3)4/h5-10H,11H2,1-4H3,(H,27,30). The van der Waals surface area contributed by atoms with Gasteiger partial charge in [0, 0.05) is 32.4 Å². The topological polar surface area (TPSA) is 77.2 Å². The van der Waals surface area contributed by atoms with Crippen LogP contribution >= 0.6 is 23.2 Å². The molecular formula is C23H21Cl2N3O3. The second-order valence-corrected chi connectivity index (χ2v) is 9.18. The first kappa shape index (κ1) is 21.4. The van der Waals surface area contributed by atoms with E-state index in [2.05, 4.69) is 10.2 Å². The van der Waals surface area contributed by atoms with E-state index in [0.717, 1.165) is 22.0 Å². The lowest BCUT2D eigenvalue weighted by atomic mass is 10.0. The van der Waals surface area contributed by atoms with E-state index in [1.54, 1.807) is 22.8 Å².